The van der Waals surface area contributed by atoms with Crippen LogP contribution >= 0.6 is 0 Å². The number of hydrogen-bond acceptors (Lipinski definition) is 2. The molecule has 2 aromatic rings. The van der Waals surface area contributed by atoms with Gasteiger partial charge in [0.1, 0.15) is 5.82 Å². The first kappa shape index (κ1) is 15.3. The Morgan fingerprint density at radius 3 is 2.35 bits per heavy atom. The van der Waals surface area contributed by atoms with Crippen molar-refractivity contribution in [3.63, 3.8) is 0 Å². The van der Waals surface area contributed by atoms with Gasteiger partial charge in [-0.05, 0) is 41.8 Å². The van der Waals surface area contributed by atoms with E-state index in [9.17, 15) is 14.0 Å². The summed E-state index contributed by atoms with van der Waals surface area (Å²) >= 11 is 0. The van der Waals surface area contributed by atoms with Gasteiger partial charge in [0.25, 0.3) is 0 Å². The normalized spacial score (nSPS) is 15.3. The first-order chi connectivity index (χ1) is 11.1. The van der Waals surface area contributed by atoms with Gasteiger partial charge < -0.3 is 0 Å². The van der Waals surface area contributed by atoms with Crippen molar-refractivity contribution in [1.29, 1.82) is 0 Å². The minimum atomic E-state index is -0.366. The Kier molecular flexibility index (Phi) is 4.47. The summed E-state index contributed by atoms with van der Waals surface area (Å²) in [6.07, 6.45) is 3.41. The van der Waals surface area contributed by atoms with Gasteiger partial charge in [-0.15, -0.1) is 0 Å². The van der Waals surface area contributed by atoms with Gasteiger partial charge in [0.05, 0.1) is 0 Å². The minimum Gasteiger partial charge on any atom is -0.295 e. The fourth-order valence-corrected chi connectivity index (χ4v) is 2.99. The van der Waals surface area contributed by atoms with Crippen molar-refractivity contribution in [2.45, 2.75) is 25.2 Å². The van der Waals surface area contributed by atoms with Crippen molar-refractivity contribution in [2.24, 2.45) is 0 Å². The van der Waals surface area contributed by atoms with E-state index in [0.717, 1.165) is 17.6 Å². The molecule has 0 N–H and O–H groups in total. The number of rotatable bonds is 5. The van der Waals surface area contributed by atoms with E-state index >= 15 is 0 Å². The van der Waals surface area contributed by atoms with Crippen molar-refractivity contribution in [3.8, 4) is 0 Å². The lowest BCUT2D eigenvalue weighted by Crippen LogP contribution is -2.13. The Hall–Kier alpha value is -2.55. The summed E-state index contributed by atoms with van der Waals surface area (Å²) in [5.41, 5.74) is 2.16. The van der Waals surface area contributed by atoms with Crippen LogP contribution in [0.1, 0.15) is 41.1 Å². The predicted molar refractivity (Wildman–Crippen MR) is 86.9 cm³/mol. The number of benzene rings is 2. The first-order valence-electron chi connectivity index (χ1n) is 7.72. The fourth-order valence-electron chi connectivity index (χ4n) is 2.99. The molecule has 0 spiro atoms. The summed E-state index contributed by atoms with van der Waals surface area (Å²) in [6.45, 7) is 0. The van der Waals surface area contributed by atoms with Crippen molar-refractivity contribution < 1.29 is 14.0 Å². The average Bonchev–Trinajstić information content (AvgIpc) is 2.99. The number of ketones is 2. The van der Waals surface area contributed by atoms with Crippen LogP contribution in [0.3, 0.4) is 0 Å². The maximum absolute atomic E-state index is 13.0. The van der Waals surface area contributed by atoms with E-state index in [1.54, 1.807) is 0 Å². The van der Waals surface area contributed by atoms with Crippen LogP contribution in [0.2, 0.25) is 0 Å². The summed E-state index contributed by atoms with van der Waals surface area (Å²) in [4.78, 5) is 24.7. The lowest BCUT2D eigenvalue weighted by Gasteiger charge is -2.17. The van der Waals surface area contributed by atoms with Crippen LogP contribution in [0.5, 0.6) is 0 Å². The molecule has 1 aliphatic rings. The molecular weight excluding hydrogens is 291 g/mol. The van der Waals surface area contributed by atoms with E-state index in [2.05, 4.69) is 0 Å². The van der Waals surface area contributed by atoms with Crippen LogP contribution in [0.25, 0.3) is 0 Å². The molecule has 0 saturated heterocycles. The molecule has 0 radical (unpaired) electrons. The summed E-state index contributed by atoms with van der Waals surface area (Å²) in [5.74, 6) is -0.566. The fraction of sp³-hybridized carbons (Fsp3) is 0.200. The zero-order valence-corrected chi connectivity index (χ0v) is 12.7. The molecule has 0 aliphatic heterocycles. The van der Waals surface area contributed by atoms with E-state index in [1.807, 2.05) is 36.4 Å². The molecule has 23 heavy (non-hydrogen) atoms. The Balaban J connectivity index is 1.88. The largest absolute Gasteiger partial charge is 0.295 e. The SMILES string of the molecule is O=C1CCC=C1C(CC(=O)c1ccc(F)cc1)c1ccccc1. The third kappa shape index (κ3) is 3.45. The van der Waals surface area contributed by atoms with E-state index in [0.29, 0.717) is 12.0 Å². The van der Waals surface area contributed by atoms with Gasteiger partial charge in [-0.2, -0.15) is 0 Å². The maximum atomic E-state index is 13.0. The van der Waals surface area contributed by atoms with E-state index < -0.39 is 0 Å². The highest BCUT2D eigenvalue weighted by molar-refractivity contribution is 6.02. The van der Waals surface area contributed by atoms with Crippen LogP contribution < -0.4 is 0 Å². The predicted octanol–water partition coefficient (Wildman–Crippen LogP) is 4.47. The smallest absolute Gasteiger partial charge is 0.163 e. The standard InChI is InChI=1S/C20H17FO2/c21-16-11-9-15(10-12-16)20(23)13-18(14-5-2-1-3-6-14)17-7-4-8-19(17)22/h1-3,5-7,9-12,18H,4,8,13H2. The molecule has 116 valence electrons. The number of hydrogen-bond donors (Lipinski definition) is 0. The second kappa shape index (κ2) is 6.69. The molecule has 1 unspecified atom stereocenters. The van der Waals surface area contributed by atoms with E-state index in [1.165, 1.54) is 24.3 Å². The molecule has 3 rings (SSSR count). The first-order valence-corrected chi connectivity index (χ1v) is 7.72. The molecule has 0 amide bonds. The van der Waals surface area contributed by atoms with E-state index in [4.69, 9.17) is 0 Å². The molecule has 0 heterocycles. The molecule has 0 aromatic heterocycles. The van der Waals surface area contributed by atoms with E-state index in [-0.39, 0.29) is 29.7 Å². The lowest BCUT2D eigenvalue weighted by atomic mass is 9.84. The Morgan fingerprint density at radius 2 is 1.74 bits per heavy atom. The molecule has 3 heteroatoms. The molecule has 1 aliphatic carbocycles. The number of halogens is 1. The third-order valence-corrected chi connectivity index (χ3v) is 4.19. The number of carbonyl (C=O) groups is 2. The maximum Gasteiger partial charge on any atom is 0.163 e. The minimum absolute atomic E-state index is 0.0838. The summed E-state index contributed by atoms with van der Waals surface area (Å²) in [6, 6.07) is 15.2. The highest BCUT2D eigenvalue weighted by atomic mass is 19.1. The molecule has 0 fully saturated rings. The third-order valence-electron chi connectivity index (χ3n) is 4.19. The average molecular weight is 308 g/mol. The highest BCUT2D eigenvalue weighted by Gasteiger charge is 2.27. The van der Waals surface area contributed by atoms with Gasteiger partial charge in [-0.1, -0.05) is 36.4 Å². The van der Waals surface area contributed by atoms with Crippen molar-refractivity contribution in [2.75, 3.05) is 0 Å². The highest BCUT2D eigenvalue weighted by Crippen LogP contribution is 2.34. The quantitative estimate of drug-likeness (QED) is 0.764. The van der Waals surface area contributed by atoms with Gasteiger partial charge in [0, 0.05) is 24.3 Å². The zero-order chi connectivity index (χ0) is 16.2. The zero-order valence-electron chi connectivity index (χ0n) is 12.7. The van der Waals surface area contributed by atoms with Gasteiger partial charge in [-0.25, -0.2) is 4.39 Å². The molecular formula is C20H17FO2. The van der Waals surface area contributed by atoms with Crippen LogP contribution in [0.15, 0.2) is 66.2 Å². The molecule has 2 aromatic carbocycles. The molecule has 2 nitrogen and oxygen atoms in total. The van der Waals surface area contributed by atoms with Crippen LogP contribution in [-0.4, -0.2) is 11.6 Å². The van der Waals surface area contributed by atoms with Crippen LogP contribution in [0.4, 0.5) is 4.39 Å². The molecule has 1 atom stereocenters. The summed E-state index contributed by atoms with van der Waals surface area (Å²) in [5, 5.41) is 0. The van der Waals surface area contributed by atoms with Gasteiger partial charge in [0.2, 0.25) is 0 Å². The van der Waals surface area contributed by atoms with Gasteiger partial charge >= 0.3 is 0 Å². The number of Topliss-reactive ketones (excluding diaryl/α,β-unsaturated/α-hetero) is 2. The van der Waals surface area contributed by atoms with Gasteiger partial charge in [0.15, 0.2) is 11.6 Å². The van der Waals surface area contributed by atoms with Gasteiger partial charge in [-0.3, -0.25) is 9.59 Å². The number of allylic oxidation sites excluding steroid dienone is 2. The number of carbonyl (C=O) groups excluding carboxylic acids is 2. The van der Waals surface area contributed by atoms with Crippen molar-refractivity contribution in [1.82, 2.24) is 0 Å². The second-order valence-corrected chi connectivity index (χ2v) is 5.72. The Bertz CT molecular complexity index is 745. The lowest BCUT2D eigenvalue weighted by molar-refractivity contribution is -0.115. The van der Waals surface area contributed by atoms with Crippen LogP contribution in [0, 0.1) is 5.82 Å². The Morgan fingerprint density at radius 1 is 1.04 bits per heavy atom. The Labute approximate surface area is 134 Å². The molecule has 0 saturated carbocycles. The van der Waals surface area contributed by atoms with Crippen molar-refractivity contribution >= 4 is 11.6 Å². The molecule has 0 bridgehead atoms. The monoisotopic (exact) mass is 308 g/mol. The topological polar surface area (TPSA) is 34.1 Å². The second-order valence-electron chi connectivity index (χ2n) is 5.72. The van der Waals surface area contributed by atoms with Crippen LogP contribution in [-0.2, 0) is 4.79 Å². The summed E-state index contributed by atoms with van der Waals surface area (Å²) < 4.78 is 13.0. The van der Waals surface area contributed by atoms with Crippen molar-refractivity contribution in [3.05, 3.63) is 83.2 Å². The summed E-state index contributed by atoms with van der Waals surface area (Å²) in [7, 11) is 0.